The van der Waals surface area contributed by atoms with Gasteiger partial charge in [0.2, 0.25) is 11.8 Å². The Labute approximate surface area is 237 Å². The first-order chi connectivity index (χ1) is 19.3. The van der Waals surface area contributed by atoms with Crippen LogP contribution in [-0.4, -0.2) is 59.4 Å². The van der Waals surface area contributed by atoms with Crippen molar-refractivity contribution in [2.45, 2.75) is 71.4 Å². The van der Waals surface area contributed by atoms with Crippen molar-refractivity contribution in [2.75, 3.05) is 6.54 Å². The molecule has 3 rings (SSSR count). The third-order valence-corrected chi connectivity index (χ3v) is 7.03. The Morgan fingerprint density at radius 1 is 0.854 bits per heavy atom. The molecule has 0 saturated heterocycles. The van der Waals surface area contributed by atoms with E-state index in [4.69, 9.17) is 4.74 Å². The van der Waals surface area contributed by atoms with Crippen molar-refractivity contribution < 1.29 is 37.1 Å². The first-order valence-corrected chi connectivity index (χ1v) is 13.5. The molecule has 0 heterocycles. The molecule has 11 heteroatoms. The molecule has 0 bridgehead atoms. The second kappa shape index (κ2) is 13.6. The predicted molar refractivity (Wildman–Crippen MR) is 146 cm³/mol. The van der Waals surface area contributed by atoms with Gasteiger partial charge in [-0.1, -0.05) is 82.3 Å². The minimum absolute atomic E-state index is 0.0143. The number of ether oxygens (including phenoxy) is 1. The van der Waals surface area contributed by atoms with Crippen LogP contribution in [0.2, 0.25) is 0 Å². The molecule has 0 aliphatic heterocycles. The zero-order chi connectivity index (χ0) is 30.3. The maximum Gasteiger partial charge on any atom is 0.452 e. The van der Waals surface area contributed by atoms with E-state index in [9.17, 15) is 32.3 Å². The number of halogens is 3. The summed E-state index contributed by atoms with van der Waals surface area (Å²) in [6.45, 7) is 5.63. The minimum atomic E-state index is -5.13. The normalized spacial score (nSPS) is 14.8. The van der Waals surface area contributed by atoms with Crippen molar-refractivity contribution in [3.63, 3.8) is 0 Å². The van der Waals surface area contributed by atoms with Gasteiger partial charge in [-0.25, -0.2) is 4.79 Å². The summed E-state index contributed by atoms with van der Waals surface area (Å²) in [6.07, 6.45) is -5.10. The molecular weight excluding hydrogens is 539 g/mol. The number of Topliss-reactive ketones (excluding diaryl/α,β-unsaturated/α-hetero) is 1. The number of alkyl halides is 3. The quantitative estimate of drug-likeness (QED) is 0.418. The number of carbonyl (C=O) groups excluding carboxylic acids is 4. The molecule has 2 aromatic carbocycles. The number of rotatable bonds is 11. The van der Waals surface area contributed by atoms with Gasteiger partial charge in [-0.15, -0.1) is 0 Å². The van der Waals surface area contributed by atoms with Crippen LogP contribution in [0.25, 0.3) is 0 Å². The molecule has 222 valence electrons. The van der Waals surface area contributed by atoms with Gasteiger partial charge >= 0.3 is 12.3 Å². The summed E-state index contributed by atoms with van der Waals surface area (Å²) in [7, 11) is 0. The molecule has 8 nitrogen and oxygen atoms in total. The highest BCUT2D eigenvalue weighted by atomic mass is 19.4. The lowest BCUT2D eigenvalue weighted by molar-refractivity contribution is -0.175. The maximum absolute atomic E-state index is 13.9. The minimum Gasteiger partial charge on any atom is -0.445 e. The van der Waals surface area contributed by atoms with Crippen LogP contribution in [0, 0.1) is 11.8 Å². The number of nitrogens with zero attached hydrogens (tertiary/aromatic N) is 1. The van der Waals surface area contributed by atoms with Gasteiger partial charge in [-0.3, -0.25) is 14.4 Å². The molecule has 2 aromatic rings. The van der Waals surface area contributed by atoms with E-state index in [1.54, 1.807) is 38.1 Å². The second-order valence-corrected chi connectivity index (χ2v) is 10.9. The van der Waals surface area contributed by atoms with Gasteiger partial charge in [0, 0.05) is 6.04 Å². The number of alkyl carbamates (subject to hydrolysis) is 1. The van der Waals surface area contributed by atoms with Crippen molar-refractivity contribution in [1.29, 1.82) is 0 Å². The lowest BCUT2D eigenvalue weighted by Gasteiger charge is -2.34. The van der Waals surface area contributed by atoms with Gasteiger partial charge in [-0.05, 0) is 41.4 Å². The number of amides is 3. The van der Waals surface area contributed by atoms with E-state index < -0.39 is 66.4 Å². The van der Waals surface area contributed by atoms with E-state index in [-0.39, 0.29) is 6.61 Å². The molecule has 0 spiro atoms. The van der Waals surface area contributed by atoms with Crippen LogP contribution >= 0.6 is 0 Å². The second-order valence-electron chi connectivity index (χ2n) is 10.9. The van der Waals surface area contributed by atoms with Crippen LogP contribution < -0.4 is 10.6 Å². The summed E-state index contributed by atoms with van der Waals surface area (Å²) in [5.41, 5.74) is 2.73. The number of hydrogen-bond donors (Lipinski definition) is 2. The summed E-state index contributed by atoms with van der Waals surface area (Å²) >= 11 is 0. The molecule has 1 aliphatic carbocycles. The van der Waals surface area contributed by atoms with E-state index >= 15 is 0 Å². The molecule has 0 saturated carbocycles. The monoisotopic (exact) mass is 575 g/mol. The molecule has 0 radical (unpaired) electrons. The number of hydrogen-bond acceptors (Lipinski definition) is 5. The Morgan fingerprint density at radius 2 is 1.39 bits per heavy atom. The molecule has 2 atom stereocenters. The lowest BCUT2D eigenvalue weighted by Crippen LogP contribution is -2.58. The summed E-state index contributed by atoms with van der Waals surface area (Å²) in [4.78, 5) is 52.9. The van der Waals surface area contributed by atoms with Gasteiger partial charge in [0.1, 0.15) is 12.6 Å². The first kappa shape index (κ1) is 31.6. The zero-order valence-electron chi connectivity index (χ0n) is 23.5. The fraction of sp³-hybridized carbons (Fsp3) is 0.467. The van der Waals surface area contributed by atoms with Crippen molar-refractivity contribution in [2.24, 2.45) is 11.8 Å². The Morgan fingerprint density at radius 3 is 1.90 bits per heavy atom. The van der Waals surface area contributed by atoms with Crippen molar-refractivity contribution in [1.82, 2.24) is 15.5 Å². The van der Waals surface area contributed by atoms with Crippen LogP contribution in [0.3, 0.4) is 0 Å². The highest BCUT2D eigenvalue weighted by Gasteiger charge is 2.45. The zero-order valence-corrected chi connectivity index (χ0v) is 23.5. The molecule has 2 N–H and O–H groups in total. The van der Waals surface area contributed by atoms with Gasteiger partial charge in [0.05, 0.1) is 12.6 Å². The Bertz CT molecular complexity index is 1210. The summed E-state index contributed by atoms with van der Waals surface area (Å²) in [5.74, 6) is -4.78. The highest BCUT2D eigenvalue weighted by Crippen LogP contribution is 2.27. The molecular formula is C30H36F3N3O5. The number of fused-ring (bicyclic) bond motifs is 1. The van der Waals surface area contributed by atoms with Crippen molar-refractivity contribution in [3.05, 3.63) is 71.3 Å². The standard InChI is InChI=1S/C30H36F3N3O5/c1-18(2)25(27(38)30(31,32)33)34-24(37)16-36(23-14-21-12-8-9-13-22(21)15-23)28(39)26(19(3)4)35-29(40)41-17-20-10-6-5-7-11-20/h5-13,18-19,23,25-26H,14-17H2,1-4H3,(H,34,37)(H,35,40)/t25-,26-/m0/s1. The fourth-order valence-corrected chi connectivity index (χ4v) is 4.81. The number of benzene rings is 2. The molecule has 41 heavy (non-hydrogen) atoms. The van der Waals surface area contributed by atoms with E-state index in [1.807, 2.05) is 30.3 Å². The van der Waals surface area contributed by atoms with E-state index in [0.29, 0.717) is 12.8 Å². The number of carbonyl (C=O) groups is 4. The summed E-state index contributed by atoms with van der Waals surface area (Å²) in [6, 6.07) is 13.2. The average molecular weight is 576 g/mol. The fourth-order valence-electron chi connectivity index (χ4n) is 4.81. The third-order valence-electron chi connectivity index (χ3n) is 7.03. The summed E-state index contributed by atoms with van der Waals surface area (Å²) < 4.78 is 44.8. The van der Waals surface area contributed by atoms with Crippen molar-refractivity contribution in [3.8, 4) is 0 Å². The Hall–Kier alpha value is -3.89. The van der Waals surface area contributed by atoms with Crippen LogP contribution in [0.4, 0.5) is 18.0 Å². The van der Waals surface area contributed by atoms with Gasteiger partial charge in [0.15, 0.2) is 0 Å². The highest BCUT2D eigenvalue weighted by molar-refractivity contribution is 5.95. The van der Waals surface area contributed by atoms with Gasteiger partial charge in [-0.2, -0.15) is 13.2 Å². The smallest absolute Gasteiger partial charge is 0.445 e. The SMILES string of the molecule is CC(C)[C@H](NC(=O)OCc1ccccc1)C(=O)N(CC(=O)N[C@H](C(=O)C(F)(F)F)C(C)C)C1Cc2ccccc2C1. The largest absolute Gasteiger partial charge is 0.452 e. The van der Waals surface area contributed by atoms with E-state index in [1.165, 1.54) is 18.7 Å². The summed E-state index contributed by atoms with van der Waals surface area (Å²) in [5, 5.41) is 4.78. The third kappa shape index (κ3) is 8.55. The van der Waals surface area contributed by atoms with Crippen LogP contribution in [0.5, 0.6) is 0 Å². The van der Waals surface area contributed by atoms with Crippen LogP contribution in [0.15, 0.2) is 54.6 Å². The Kier molecular flexibility index (Phi) is 10.5. The molecule has 3 amide bonds. The molecule has 0 fully saturated rings. The first-order valence-electron chi connectivity index (χ1n) is 13.5. The van der Waals surface area contributed by atoms with Crippen molar-refractivity contribution >= 4 is 23.7 Å². The van der Waals surface area contributed by atoms with Crippen LogP contribution in [0.1, 0.15) is 44.4 Å². The van der Waals surface area contributed by atoms with Crippen LogP contribution in [-0.2, 0) is 38.6 Å². The topological polar surface area (TPSA) is 105 Å². The molecule has 0 aromatic heterocycles. The number of nitrogens with one attached hydrogen (secondary N) is 2. The number of ketones is 1. The maximum atomic E-state index is 13.9. The van der Waals surface area contributed by atoms with Gasteiger partial charge in [0.25, 0.3) is 5.78 Å². The Balaban J connectivity index is 1.80. The average Bonchev–Trinajstić information content (AvgIpc) is 3.35. The molecule has 1 aliphatic rings. The lowest BCUT2D eigenvalue weighted by atomic mass is 9.99. The predicted octanol–water partition coefficient (Wildman–Crippen LogP) is 4.21. The van der Waals surface area contributed by atoms with E-state index in [0.717, 1.165) is 16.7 Å². The van der Waals surface area contributed by atoms with Gasteiger partial charge < -0.3 is 20.3 Å². The van der Waals surface area contributed by atoms with E-state index in [2.05, 4.69) is 10.6 Å². The molecule has 0 unspecified atom stereocenters.